The monoisotopic (exact) mass is 423 g/mol. The fraction of sp³-hybridized carbons (Fsp3) is 0.556. The maximum absolute atomic E-state index is 13.3. The Morgan fingerprint density at radius 3 is 2.21 bits per heavy atom. The molecule has 0 radical (unpaired) electrons. The number of esters is 1. The van der Waals surface area contributed by atoms with Gasteiger partial charge in [0.2, 0.25) is 15.9 Å². The number of nitro benzene ring substituents is 1. The number of methoxy groups -OCH3 is 1. The van der Waals surface area contributed by atoms with E-state index < -0.39 is 32.0 Å². The van der Waals surface area contributed by atoms with E-state index in [2.05, 4.69) is 0 Å². The number of sulfonamides is 1. The van der Waals surface area contributed by atoms with Crippen molar-refractivity contribution in [2.75, 3.05) is 20.2 Å². The van der Waals surface area contributed by atoms with Crippen molar-refractivity contribution < 1.29 is 27.7 Å². The Morgan fingerprint density at radius 2 is 1.76 bits per heavy atom. The van der Waals surface area contributed by atoms with Gasteiger partial charge in [0.25, 0.3) is 5.69 Å². The summed E-state index contributed by atoms with van der Waals surface area (Å²) in [5.41, 5.74) is -2.39. The van der Waals surface area contributed by atoms with E-state index in [1.165, 1.54) is 28.4 Å². The molecule has 1 spiro atoms. The van der Waals surface area contributed by atoms with Crippen LogP contribution in [-0.4, -0.2) is 65.7 Å². The predicted molar refractivity (Wildman–Crippen MR) is 99.3 cm³/mol. The summed E-state index contributed by atoms with van der Waals surface area (Å²) in [5.74, 6) is -0.820. The second-order valence-corrected chi connectivity index (χ2v) is 9.56. The van der Waals surface area contributed by atoms with Crippen LogP contribution < -0.4 is 0 Å². The van der Waals surface area contributed by atoms with Crippen molar-refractivity contribution in [3.63, 3.8) is 0 Å². The fourth-order valence-electron chi connectivity index (χ4n) is 4.36. The van der Waals surface area contributed by atoms with E-state index >= 15 is 0 Å². The topological polar surface area (TPSA) is 127 Å². The normalized spacial score (nSPS) is 22.8. The van der Waals surface area contributed by atoms with E-state index in [1.807, 2.05) is 0 Å². The molecule has 1 aliphatic heterocycles. The molecule has 0 bridgehead atoms. The standard InChI is InChI=1S/C18H21N3O7S/c1-28-16(23)18(7-2-8-18)19-11-12-20(17(9-10-17)15(19)22)29(26,27)14-5-3-13(4-6-14)21(24)25/h3-6H,2,7-12H2,1H3. The number of carbonyl (C=O) groups is 2. The average Bonchev–Trinajstić information content (AvgIpc) is 3.45. The number of nitrogens with zero attached hydrogens (tertiary/aromatic N) is 3. The summed E-state index contributed by atoms with van der Waals surface area (Å²) in [6.45, 7) is 0.158. The van der Waals surface area contributed by atoms with Crippen molar-refractivity contribution in [3.05, 3.63) is 34.4 Å². The van der Waals surface area contributed by atoms with Crippen LogP contribution in [-0.2, 0) is 24.3 Å². The largest absolute Gasteiger partial charge is 0.467 e. The molecule has 0 atom stereocenters. The van der Waals surface area contributed by atoms with Gasteiger partial charge in [-0.15, -0.1) is 0 Å². The predicted octanol–water partition coefficient (Wildman–Crippen LogP) is 1.06. The molecule has 4 rings (SSSR count). The molecule has 29 heavy (non-hydrogen) atoms. The summed E-state index contributed by atoms with van der Waals surface area (Å²) in [5, 5.41) is 10.8. The highest BCUT2D eigenvalue weighted by Crippen LogP contribution is 2.51. The summed E-state index contributed by atoms with van der Waals surface area (Å²) in [4.78, 5) is 37.3. The van der Waals surface area contributed by atoms with Crippen LogP contribution in [0.1, 0.15) is 32.1 Å². The van der Waals surface area contributed by atoms with Crippen LogP contribution in [0.25, 0.3) is 0 Å². The van der Waals surface area contributed by atoms with Crippen molar-refractivity contribution in [3.8, 4) is 0 Å². The van der Waals surface area contributed by atoms with Crippen molar-refractivity contribution in [1.29, 1.82) is 0 Å². The van der Waals surface area contributed by atoms with Crippen molar-refractivity contribution in [1.82, 2.24) is 9.21 Å². The zero-order valence-electron chi connectivity index (χ0n) is 15.9. The number of hydrogen-bond acceptors (Lipinski definition) is 7. The van der Waals surface area contributed by atoms with E-state index in [0.29, 0.717) is 25.7 Å². The van der Waals surface area contributed by atoms with Gasteiger partial charge in [0.1, 0.15) is 11.1 Å². The number of benzene rings is 1. The summed E-state index contributed by atoms with van der Waals surface area (Å²) in [6.07, 6.45) is 2.58. The van der Waals surface area contributed by atoms with Gasteiger partial charge >= 0.3 is 5.97 Å². The Balaban J connectivity index is 1.64. The van der Waals surface area contributed by atoms with Crippen LogP contribution in [0.15, 0.2) is 29.2 Å². The highest BCUT2D eigenvalue weighted by molar-refractivity contribution is 7.89. The first-order chi connectivity index (χ1) is 13.7. The molecular weight excluding hydrogens is 402 g/mol. The zero-order valence-corrected chi connectivity index (χ0v) is 16.7. The number of non-ortho nitro benzene ring substituents is 1. The number of piperazine rings is 1. The average molecular weight is 423 g/mol. The van der Waals surface area contributed by atoms with Gasteiger partial charge in [-0.1, -0.05) is 0 Å². The third-order valence-electron chi connectivity index (χ3n) is 6.27. The highest BCUT2D eigenvalue weighted by Gasteiger charge is 2.66. The summed E-state index contributed by atoms with van der Waals surface area (Å²) in [6, 6.07) is 4.63. The molecule has 3 aliphatic rings. The highest BCUT2D eigenvalue weighted by atomic mass is 32.2. The number of nitro groups is 1. The zero-order chi connectivity index (χ0) is 21.0. The van der Waals surface area contributed by atoms with E-state index in [1.54, 1.807) is 0 Å². The lowest BCUT2D eigenvalue weighted by Crippen LogP contribution is -2.70. The van der Waals surface area contributed by atoms with Crippen LogP contribution in [0.3, 0.4) is 0 Å². The van der Waals surface area contributed by atoms with Gasteiger partial charge in [-0.25, -0.2) is 13.2 Å². The lowest BCUT2D eigenvalue weighted by Gasteiger charge is -2.52. The molecule has 1 aromatic rings. The molecule has 0 N–H and O–H groups in total. The minimum absolute atomic E-state index is 0.0593. The lowest BCUT2D eigenvalue weighted by atomic mass is 9.74. The molecule has 0 unspecified atom stereocenters. The first-order valence-corrected chi connectivity index (χ1v) is 10.8. The van der Waals surface area contributed by atoms with Gasteiger partial charge < -0.3 is 9.64 Å². The van der Waals surface area contributed by atoms with Crippen LogP contribution in [0, 0.1) is 10.1 Å². The van der Waals surface area contributed by atoms with Gasteiger partial charge in [0.15, 0.2) is 0 Å². The minimum Gasteiger partial charge on any atom is -0.467 e. The molecule has 1 aromatic carbocycles. The molecule has 10 nitrogen and oxygen atoms in total. The number of carbonyl (C=O) groups excluding carboxylic acids is 2. The van der Waals surface area contributed by atoms with Gasteiger partial charge in [-0.3, -0.25) is 14.9 Å². The minimum atomic E-state index is -4.02. The Morgan fingerprint density at radius 1 is 1.14 bits per heavy atom. The summed E-state index contributed by atoms with van der Waals surface area (Å²) in [7, 11) is -2.73. The summed E-state index contributed by atoms with van der Waals surface area (Å²) < 4.78 is 32.5. The Hall–Kier alpha value is -2.53. The molecule has 1 saturated heterocycles. The second-order valence-electron chi connectivity index (χ2n) is 7.69. The van der Waals surface area contributed by atoms with Gasteiger partial charge in [-0.05, 0) is 44.2 Å². The molecule has 0 aromatic heterocycles. The molecule has 3 fully saturated rings. The first kappa shape index (κ1) is 19.8. The third-order valence-corrected chi connectivity index (χ3v) is 8.25. The fourth-order valence-corrected chi connectivity index (χ4v) is 6.13. The number of amides is 1. The van der Waals surface area contributed by atoms with E-state index in [0.717, 1.165) is 18.6 Å². The summed E-state index contributed by atoms with van der Waals surface area (Å²) >= 11 is 0. The van der Waals surface area contributed by atoms with Crippen molar-refractivity contribution in [2.45, 2.75) is 48.1 Å². The second kappa shape index (κ2) is 6.49. The molecule has 1 heterocycles. The molecule has 156 valence electrons. The van der Waals surface area contributed by atoms with E-state index in [-0.39, 0.29) is 29.6 Å². The van der Waals surface area contributed by atoms with Gasteiger partial charge in [0, 0.05) is 25.2 Å². The number of ether oxygens (including phenoxy) is 1. The SMILES string of the molecule is COC(=O)C1(N2CCN(S(=O)(=O)c3ccc([N+](=O)[O-])cc3)C3(CC3)C2=O)CCC1. The number of rotatable bonds is 5. The smallest absolute Gasteiger partial charge is 0.331 e. The first-order valence-electron chi connectivity index (χ1n) is 9.37. The number of hydrogen-bond donors (Lipinski definition) is 0. The third kappa shape index (κ3) is 2.75. The molecule has 2 aliphatic carbocycles. The van der Waals surface area contributed by atoms with Crippen LogP contribution >= 0.6 is 0 Å². The van der Waals surface area contributed by atoms with Crippen molar-refractivity contribution in [2.24, 2.45) is 0 Å². The molecule has 1 amide bonds. The lowest BCUT2D eigenvalue weighted by molar-refractivity contribution is -0.384. The van der Waals surface area contributed by atoms with E-state index in [4.69, 9.17) is 4.74 Å². The van der Waals surface area contributed by atoms with Crippen molar-refractivity contribution >= 4 is 27.6 Å². The van der Waals surface area contributed by atoms with E-state index in [9.17, 15) is 28.1 Å². The Kier molecular flexibility index (Phi) is 4.43. The van der Waals surface area contributed by atoms with Gasteiger partial charge in [-0.2, -0.15) is 4.31 Å². The Bertz CT molecular complexity index is 981. The van der Waals surface area contributed by atoms with Crippen LogP contribution in [0.2, 0.25) is 0 Å². The Labute approximate surface area is 167 Å². The van der Waals surface area contributed by atoms with Gasteiger partial charge in [0.05, 0.1) is 16.9 Å². The molecule has 11 heteroatoms. The van der Waals surface area contributed by atoms with Crippen LogP contribution in [0.5, 0.6) is 0 Å². The molecule has 2 saturated carbocycles. The maximum Gasteiger partial charge on any atom is 0.331 e. The van der Waals surface area contributed by atoms with Crippen LogP contribution in [0.4, 0.5) is 5.69 Å². The molecular formula is C18H21N3O7S. The maximum atomic E-state index is 13.3. The quantitative estimate of drug-likeness (QED) is 0.393.